The number of nitrogens with zero attached hydrogens (tertiary/aromatic N) is 2. The average Bonchev–Trinajstić information content (AvgIpc) is 3.27. The van der Waals surface area contributed by atoms with Gasteiger partial charge in [-0.05, 0) is 52.4 Å². The monoisotopic (exact) mass is 472 g/mol. The summed E-state index contributed by atoms with van der Waals surface area (Å²) in [5.74, 6) is -0.208. The van der Waals surface area contributed by atoms with Crippen molar-refractivity contribution in [2.75, 3.05) is 5.32 Å². The lowest BCUT2D eigenvalue weighted by molar-refractivity contribution is 0.102. The zero-order valence-electron chi connectivity index (χ0n) is 20.6. The summed E-state index contributed by atoms with van der Waals surface area (Å²) in [6.45, 7) is 6.62. The first-order valence-electron chi connectivity index (χ1n) is 12.0. The van der Waals surface area contributed by atoms with Gasteiger partial charge in [-0.3, -0.25) is 14.8 Å². The maximum atomic E-state index is 13.3. The quantitative estimate of drug-likeness (QED) is 0.260. The molecular formula is C31H28N4O. The van der Waals surface area contributed by atoms with Gasteiger partial charge in [-0.1, -0.05) is 75.4 Å². The van der Waals surface area contributed by atoms with Gasteiger partial charge < -0.3 is 10.3 Å². The molecule has 0 spiro atoms. The third-order valence-electron chi connectivity index (χ3n) is 6.15. The second kappa shape index (κ2) is 9.62. The van der Waals surface area contributed by atoms with Crippen LogP contribution in [0.5, 0.6) is 0 Å². The molecule has 1 amide bonds. The van der Waals surface area contributed by atoms with E-state index in [0.29, 0.717) is 11.4 Å². The van der Waals surface area contributed by atoms with E-state index in [0.717, 1.165) is 33.3 Å². The van der Waals surface area contributed by atoms with Crippen LogP contribution < -0.4 is 5.32 Å². The summed E-state index contributed by atoms with van der Waals surface area (Å²) in [5, 5.41) is 3.91. The van der Waals surface area contributed by atoms with Crippen LogP contribution in [0.3, 0.4) is 0 Å². The largest absolute Gasteiger partial charge is 0.350 e. The molecule has 5 aromatic rings. The third-order valence-corrected chi connectivity index (χ3v) is 6.15. The SMILES string of the molecule is CC(C)(C)c1ccc(C=Nc2ccc3[nH]c(C(=O)Nc4ccncc4)c(-c4ccccc4)c3c2)cc1. The van der Waals surface area contributed by atoms with Crippen molar-refractivity contribution in [1.82, 2.24) is 9.97 Å². The van der Waals surface area contributed by atoms with E-state index in [2.05, 4.69) is 60.3 Å². The van der Waals surface area contributed by atoms with Gasteiger partial charge in [0.15, 0.2) is 0 Å². The Balaban J connectivity index is 1.52. The highest BCUT2D eigenvalue weighted by Gasteiger charge is 2.20. The Labute approximate surface area is 211 Å². The number of hydrogen-bond acceptors (Lipinski definition) is 3. The minimum atomic E-state index is -0.208. The van der Waals surface area contributed by atoms with E-state index < -0.39 is 0 Å². The number of hydrogen-bond donors (Lipinski definition) is 2. The highest BCUT2D eigenvalue weighted by molar-refractivity contribution is 6.14. The molecule has 0 aliphatic rings. The van der Waals surface area contributed by atoms with E-state index in [4.69, 9.17) is 4.99 Å². The number of carbonyl (C=O) groups is 1. The molecule has 0 bridgehead atoms. The second-order valence-electron chi connectivity index (χ2n) is 9.79. The molecule has 2 aromatic heterocycles. The van der Waals surface area contributed by atoms with Crippen molar-refractivity contribution < 1.29 is 4.79 Å². The van der Waals surface area contributed by atoms with Crippen molar-refractivity contribution >= 4 is 34.4 Å². The zero-order chi connectivity index (χ0) is 25.1. The van der Waals surface area contributed by atoms with Gasteiger partial charge in [0, 0.05) is 40.8 Å². The van der Waals surface area contributed by atoms with Crippen molar-refractivity contribution in [3.63, 3.8) is 0 Å². The predicted octanol–water partition coefficient (Wildman–Crippen LogP) is 7.53. The standard InChI is InChI=1S/C31H28N4O/c1-31(2,3)23-11-9-21(10-12-23)20-33-25-13-14-27-26(19-25)28(22-7-5-4-6-8-22)29(35-27)30(36)34-24-15-17-32-18-16-24/h4-20,35H,1-3H3,(H,32,34,36). The summed E-state index contributed by atoms with van der Waals surface area (Å²) in [6, 6.07) is 27.9. The Morgan fingerprint density at radius 3 is 2.33 bits per heavy atom. The van der Waals surface area contributed by atoms with Gasteiger partial charge in [0.25, 0.3) is 5.91 Å². The van der Waals surface area contributed by atoms with Gasteiger partial charge in [-0.2, -0.15) is 0 Å². The molecule has 178 valence electrons. The van der Waals surface area contributed by atoms with Crippen LogP contribution in [0.2, 0.25) is 0 Å². The van der Waals surface area contributed by atoms with Gasteiger partial charge in [0.2, 0.25) is 0 Å². The van der Waals surface area contributed by atoms with Crippen LogP contribution in [-0.4, -0.2) is 22.1 Å². The second-order valence-corrected chi connectivity index (χ2v) is 9.79. The molecule has 5 rings (SSSR count). The summed E-state index contributed by atoms with van der Waals surface area (Å²) in [5.41, 5.74) is 7.15. The molecule has 2 N–H and O–H groups in total. The molecule has 0 aliphatic carbocycles. The number of aliphatic imine (C=N–C) groups is 1. The smallest absolute Gasteiger partial charge is 0.272 e. The number of fused-ring (bicyclic) bond motifs is 1. The van der Waals surface area contributed by atoms with Gasteiger partial charge >= 0.3 is 0 Å². The first kappa shape index (κ1) is 23.2. The van der Waals surface area contributed by atoms with Crippen molar-refractivity contribution in [1.29, 1.82) is 0 Å². The van der Waals surface area contributed by atoms with Crippen LogP contribution in [0.25, 0.3) is 22.0 Å². The summed E-state index contributed by atoms with van der Waals surface area (Å²) in [7, 11) is 0. The molecule has 5 nitrogen and oxygen atoms in total. The lowest BCUT2D eigenvalue weighted by atomic mass is 9.87. The van der Waals surface area contributed by atoms with Crippen LogP contribution in [0.4, 0.5) is 11.4 Å². The number of anilines is 1. The van der Waals surface area contributed by atoms with E-state index in [9.17, 15) is 4.79 Å². The number of aromatic amines is 1. The van der Waals surface area contributed by atoms with Gasteiger partial charge in [-0.15, -0.1) is 0 Å². The van der Waals surface area contributed by atoms with Crippen LogP contribution in [0.1, 0.15) is 42.4 Å². The summed E-state index contributed by atoms with van der Waals surface area (Å²) >= 11 is 0. The van der Waals surface area contributed by atoms with Crippen molar-refractivity contribution in [2.45, 2.75) is 26.2 Å². The molecule has 0 saturated heterocycles. The summed E-state index contributed by atoms with van der Waals surface area (Å²) in [6.07, 6.45) is 5.18. The molecule has 0 atom stereocenters. The molecule has 36 heavy (non-hydrogen) atoms. The van der Waals surface area contributed by atoms with E-state index >= 15 is 0 Å². The normalized spacial score (nSPS) is 11.8. The Bertz CT molecular complexity index is 1530. The third kappa shape index (κ3) is 4.96. The van der Waals surface area contributed by atoms with Crippen molar-refractivity contribution in [3.05, 3.63) is 114 Å². The first-order valence-corrected chi connectivity index (χ1v) is 12.0. The Kier molecular flexibility index (Phi) is 6.21. The molecule has 5 heteroatoms. The van der Waals surface area contributed by atoms with Crippen LogP contribution >= 0.6 is 0 Å². The van der Waals surface area contributed by atoms with E-state index in [1.165, 1.54) is 5.56 Å². The van der Waals surface area contributed by atoms with Gasteiger partial charge in [0.1, 0.15) is 5.69 Å². The number of aromatic nitrogens is 2. The summed E-state index contributed by atoms with van der Waals surface area (Å²) < 4.78 is 0. The Hall–Kier alpha value is -4.51. The van der Waals surface area contributed by atoms with Crippen molar-refractivity contribution in [3.8, 4) is 11.1 Å². The minimum absolute atomic E-state index is 0.115. The molecular weight excluding hydrogens is 444 g/mol. The van der Waals surface area contributed by atoms with E-state index in [1.54, 1.807) is 24.5 Å². The van der Waals surface area contributed by atoms with Crippen LogP contribution in [-0.2, 0) is 5.41 Å². The number of carbonyl (C=O) groups excluding carboxylic acids is 1. The Morgan fingerprint density at radius 1 is 0.917 bits per heavy atom. The van der Waals surface area contributed by atoms with Gasteiger partial charge in [0.05, 0.1) is 5.69 Å². The molecule has 2 heterocycles. The molecule has 3 aromatic carbocycles. The molecule has 0 unspecified atom stereocenters. The van der Waals surface area contributed by atoms with Crippen LogP contribution in [0, 0.1) is 0 Å². The average molecular weight is 473 g/mol. The number of rotatable bonds is 5. The fourth-order valence-corrected chi connectivity index (χ4v) is 4.18. The number of pyridine rings is 1. The molecule has 0 saturated carbocycles. The minimum Gasteiger partial charge on any atom is -0.350 e. The fraction of sp³-hybridized carbons (Fsp3) is 0.129. The highest BCUT2D eigenvalue weighted by atomic mass is 16.1. The maximum absolute atomic E-state index is 13.3. The lowest BCUT2D eigenvalue weighted by Crippen LogP contribution is -2.13. The van der Waals surface area contributed by atoms with Crippen LogP contribution in [0.15, 0.2) is 102 Å². The van der Waals surface area contributed by atoms with E-state index in [-0.39, 0.29) is 11.3 Å². The molecule has 0 fully saturated rings. The lowest BCUT2D eigenvalue weighted by Gasteiger charge is -2.18. The first-order chi connectivity index (χ1) is 17.4. The molecule has 0 aliphatic heterocycles. The number of amides is 1. The molecule has 0 radical (unpaired) electrons. The predicted molar refractivity (Wildman–Crippen MR) is 148 cm³/mol. The van der Waals surface area contributed by atoms with E-state index in [1.807, 2.05) is 54.7 Å². The van der Waals surface area contributed by atoms with Crippen molar-refractivity contribution in [2.24, 2.45) is 4.99 Å². The number of H-pyrrole nitrogens is 1. The zero-order valence-corrected chi connectivity index (χ0v) is 20.6. The number of nitrogens with one attached hydrogen (secondary N) is 2. The van der Waals surface area contributed by atoms with Gasteiger partial charge in [-0.25, -0.2) is 0 Å². The Morgan fingerprint density at radius 2 is 1.64 bits per heavy atom. The fourth-order valence-electron chi connectivity index (χ4n) is 4.18. The highest BCUT2D eigenvalue weighted by Crippen LogP contribution is 2.35. The number of benzene rings is 3. The maximum Gasteiger partial charge on any atom is 0.272 e. The summed E-state index contributed by atoms with van der Waals surface area (Å²) in [4.78, 5) is 25.3. The topological polar surface area (TPSA) is 70.1 Å².